The molecule has 0 amide bonds. The van der Waals surface area contributed by atoms with E-state index >= 15 is 0 Å². The first-order valence-electron chi connectivity index (χ1n) is 6.44. The summed E-state index contributed by atoms with van der Waals surface area (Å²) in [6, 6.07) is 10.4. The van der Waals surface area contributed by atoms with Gasteiger partial charge in [-0.15, -0.1) is 0 Å². The molecule has 0 spiro atoms. The fourth-order valence-corrected chi connectivity index (χ4v) is 2.27. The summed E-state index contributed by atoms with van der Waals surface area (Å²) in [6.45, 7) is 4.21. The SMILES string of the molecule is CN1CCNCC1CCNc1cccc(C#N)c1. The van der Waals surface area contributed by atoms with Crippen molar-refractivity contribution in [1.29, 1.82) is 5.26 Å². The lowest BCUT2D eigenvalue weighted by Crippen LogP contribution is -2.49. The van der Waals surface area contributed by atoms with Crippen molar-refractivity contribution < 1.29 is 0 Å². The van der Waals surface area contributed by atoms with Crippen molar-refractivity contribution >= 4 is 5.69 Å². The summed E-state index contributed by atoms with van der Waals surface area (Å²) >= 11 is 0. The Morgan fingerprint density at radius 1 is 1.56 bits per heavy atom. The highest BCUT2D eigenvalue weighted by Crippen LogP contribution is 2.11. The predicted octanol–water partition coefficient (Wildman–Crippen LogP) is 1.26. The third kappa shape index (κ3) is 3.46. The van der Waals surface area contributed by atoms with Crippen LogP contribution in [0.3, 0.4) is 0 Å². The highest BCUT2D eigenvalue weighted by atomic mass is 15.2. The zero-order valence-corrected chi connectivity index (χ0v) is 10.8. The van der Waals surface area contributed by atoms with Crippen LogP contribution in [0, 0.1) is 11.3 Å². The lowest BCUT2D eigenvalue weighted by Gasteiger charge is -2.33. The van der Waals surface area contributed by atoms with Crippen LogP contribution in [0.5, 0.6) is 0 Å². The van der Waals surface area contributed by atoms with Gasteiger partial charge in [0.1, 0.15) is 0 Å². The van der Waals surface area contributed by atoms with Crippen molar-refractivity contribution in [2.75, 3.05) is 38.5 Å². The highest BCUT2D eigenvalue weighted by molar-refractivity contribution is 5.48. The first kappa shape index (κ1) is 12.9. The number of likely N-dealkylation sites (N-methyl/N-ethyl adjacent to an activating group) is 1. The number of benzene rings is 1. The summed E-state index contributed by atoms with van der Waals surface area (Å²) in [5, 5.41) is 15.6. The molecule has 18 heavy (non-hydrogen) atoms. The summed E-state index contributed by atoms with van der Waals surface area (Å²) in [5.41, 5.74) is 1.73. The largest absolute Gasteiger partial charge is 0.385 e. The van der Waals surface area contributed by atoms with Gasteiger partial charge in [0.15, 0.2) is 0 Å². The number of nitrogens with zero attached hydrogens (tertiary/aromatic N) is 2. The smallest absolute Gasteiger partial charge is 0.0992 e. The van der Waals surface area contributed by atoms with Gasteiger partial charge in [0.2, 0.25) is 0 Å². The molecule has 1 fully saturated rings. The number of nitrogens with one attached hydrogen (secondary N) is 2. The van der Waals surface area contributed by atoms with Crippen molar-refractivity contribution in [3.63, 3.8) is 0 Å². The quantitative estimate of drug-likeness (QED) is 0.837. The Hall–Kier alpha value is -1.57. The molecule has 2 N–H and O–H groups in total. The minimum atomic E-state index is 0.602. The first-order valence-corrected chi connectivity index (χ1v) is 6.44. The Morgan fingerprint density at radius 2 is 2.44 bits per heavy atom. The maximum absolute atomic E-state index is 8.83. The molecule has 1 heterocycles. The Labute approximate surface area is 109 Å². The van der Waals surface area contributed by atoms with Crippen LogP contribution in [0.25, 0.3) is 0 Å². The molecule has 1 saturated heterocycles. The van der Waals surface area contributed by atoms with E-state index in [4.69, 9.17) is 5.26 Å². The molecule has 0 saturated carbocycles. The molecule has 96 valence electrons. The second-order valence-electron chi connectivity index (χ2n) is 4.75. The van der Waals surface area contributed by atoms with E-state index in [1.165, 1.54) is 0 Å². The standard InChI is InChI=1S/C14H20N4/c1-18-8-7-16-11-14(18)5-6-17-13-4-2-3-12(9-13)10-15/h2-4,9,14,16-17H,5-8,11H2,1H3. The van der Waals surface area contributed by atoms with Crippen molar-refractivity contribution in [2.24, 2.45) is 0 Å². The van der Waals surface area contributed by atoms with Gasteiger partial charge in [-0.05, 0) is 31.7 Å². The Bertz CT molecular complexity index is 424. The molecule has 1 aromatic rings. The number of piperazine rings is 1. The average Bonchev–Trinajstić information content (AvgIpc) is 2.41. The normalized spacial score (nSPS) is 20.3. The van der Waals surface area contributed by atoms with Crippen molar-refractivity contribution in [1.82, 2.24) is 10.2 Å². The molecule has 4 nitrogen and oxygen atoms in total. The summed E-state index contributed by atoms with van der Waals surface area (Å²) in [7, 11) is 2.18. The monoisotopic (exact) mass is 244 g/mol. The van der Waals surface area contributed by atoms with Crippen LogP contribution >= 0.6 is 0 Å². The maximum atomic E-state index is 8.83. The fraction of sp³-hybridized carbons (Fsp3) is 0.500. The van der Waals surface area contributed by atoms with Gasteiger partial charge < -0.3 is 15.5 Å². The van der Waals surface area contributed by atoms with Crippen molar-refractivity contribution in [3.05, 3.63) is 29.8 Å². The van der Waals surface area contributed by atoms with Gasteiger partial charge in [-0.25, -0.2) is 0 Å². The summed E-state index contributed by atoms with van der Waals surface area (Å²) in [5.74, 6) is 0. The molecule has 2 rings (SSSR count). The highest BCUT2D eigenvalue weighted by Gasteiger charge is 2.17. The van der Waals surface area contributed by atoms with Crippen LogP contribution in [0.2, 0.25) is 0 Å². The lowest BCUT2D eigenvalue weighted by molar-refractivity contribution is 0.194. The molecule has 1 aliphatic rings. The summed E-state index contributed by atoms with van der Waals surface area (Å²) in [4.78, 5) is 2.41. The van der Waals surface area contributed by atoms with Crippen LogP contribution < -0.4 is 10.6 Å². The average molecular weight is 244 g/mol. The molecule has 0 aromatic heterocycles. The molecule has 1 aliphatic heterocycles. The predicted molar refractivity (Wildman–Crippen MR) is 73.6 cm³/mol. The van der Waals surface area contributed by atoms with Gasteiger partial charge in [-0.3, -0.25) is 0 Å². The minimum absolute atomic E-state index is 0.602. The summed E-state index contributed by atoms with van der Waals surface area (Å²) in [6.07, 6.45) is 1.11. The molecule has 1 aromatic carbocycles. The number of hydrogen-bond acceptors (Lipinski definition) is 4. The fourth-order valence-electron chi connectivity index (χ4n) is 2.27. The third-order valence-electron chi connectivity index (χ3n) is 3.44. The topological polar surface area (TPSA) is 51.1 Å². The van der Waals surface area contributed by atoms with E-state index in [1.54, 1.807) is 0 Å². The second kappa shape index (κ2) is 6.39. The minimum Gasteiger partial charge on any atom is -0.385 e. The van der Waals surface area contributed by atoms with Crippen LogP contribution in [0.1, 0.15) is 12.0 Å². The number of nitriles is 1. The molecule has 0 radical (unpaired) electrons. The lowest BCUT2D eigenvalue weighted by atomic mass is 10.1. The Balaban J connectivity index is 1.79. The summed E-state index contributed by atoms with van der Waals surface area (Å²) < 4.78 is 0. The van der Waals surface area contributed by atoms with Crippen LogP contribution in [-0.2, 0) is 0 Å². The van der Waals surface area contributed by atoms with E-state index in [0.717, 1.165) is 38.3 Å². The number of rotatable bonds is 4. The molecule has 1 atom stereocenters. The second-order valence-corrected chi connectivity index (χ2v) is 4.75. The van der Waals surface area contributed by atoms with E-state index in [0.29, 0.717) is 11.6 Å². The molecule has 1 unspecified atom stereocenters. The first-order chi connectivity index (χ1) is 8.79. The van der Waals surface area contributed by atoms with E-state index in [-0.39, 0.29) is 0 Å². The maximum Gasteiger partial charge on any atom is 0.0992 e. The molecular formula is C14H20N4. The van der Waals surface area contributed by atoms with Gasteiger partial charge >= 0.3 is 0 Å². The molecular weight excluding hydrogens is 224 g/mol. The Kier molecular flexibility index (Phi) is 4.57. The van der Waals surface area contributed by atoms with Gasteiger partial charge in [-0.1, -0.05) is 6.07 Å². The van der Waals surface area contributed by atoms with Crippen LogP contribution in [0.15, 0.2) is 24.3 Å². The van der Waals surface area contributed by atoms with Gasteiger partial charge in [-0.2, -0.15) is 5.26 Å². The number of hydrogen-bond donors (Lipinski definition) is 2. The van der Waals surface area contributed by atoms with E-state index in [1.807, 2.05) is 24.3 Å². The zero-order chi connectivity index (χ0) is 12.8. The van der Waals surface area contributed by atoms with E-state index < -0.39 is 0 Å². The van der Waals surface area contributed by atoms with Crippen LogP contribution in [-0.4, -0.2) is 44.2 Å². The molecule has 4 heteroatoms. The zero-order valence-electron chi connectivity index (χ0n) is 10.8. The van der Waals surface area contributed by atoms with Gasteiger partial charge in [0, 0.05) is 37.9 Å². The van der Waals surface area contributed by atoms with E-state index in [2.05, 4.69) is 28.7 Å². The number of anilines is 1. The van der Waals surface area contributed by atoms with Crippen molar-refractivity contribution in [2.45, 2.75) is 12.5 Å². The third-order valence-corrected chi connectivity index (χ3v) is 3.44. The van der Waals surface area contributed by atoms with Crippen LogP contribution in [0.4, 0.5) is 5.69 Å². The van der Waals surface area contributed by atoms with Gasteiger partial charge in [0.05, 0.1) is 11.6 Å². The van der Waals surface area contributed by atoms with E-state index in [9.17, 15) is 0 Å². The Morgan fingerprint density at radius 3 is 3.22 bits per heavy atom. The molecule has 0 aliphatic carbocycles. The van der Waals surface area contributed by atoms with Gasteiger partial charge in [0.25, 0.3) is 0 Å². The molecule has 0 bridgehead atoms. The van der Waals surface area contributed by atoms with Crippen molar-refractivity contribution in [3.8, 4) is 6.07 Å².